The van der Waals surface area contributed by atoms with E-state index in [2.05, 4.69) is 46.9 Å². The van der Waals surface area contributed by atoms with Crippen LogP contribution in [0.25, 0.3) is 0 Å². The maximum atomic E-state index is 12.3. The molecule has 3 nitrogen and oxygen atoms in total. The number of carbonyl (C=O) groups excluding carboxylic acids is 1. The molecule has 104 valence electrons. The number of hydrogen-bond donors (Lipinski definition) is 0. The molecular weight excluding hydrogens is 316 g/mol. The van der Waals surface area contributed by atoms with Crippen LogP contribution in [0.4, 0.5) is 5.82 Å². The van der Waals surface area contributed by atoms with Gasteiger partial charge in [-0.05, 0) is 42.7 Å². The molecule has 0 unspecified atom stereocenters. The lowest BCUT2D eigenvalue weighted by Gasteiger charge is -2.16. The van der Waals surface area contributed by atoms with Gasteiger partial charge in [-0.15, -0.1) is 0 Å². The molecule has 1 heterocycles. The van der Waals surface area contributed by atoms with Gasteiger partial charge < -0.3 is 0 Å². The molecule has 0 saturated heterocycles. The van der Waals surface area contributed by atoms with Gasteiger partial charge in [0.1, 0.15) is 5.82 Å². The summed E-state index contributed by atoms with van der Waals surface area (Å²) in [6, 6.07) is 9.79. The summed E-state index contributed by atoms with van der Waals surface area (Å²) >= 11 is 3.39. The number of amides is 1. The maximum absolute atomic E-state index is 12.3. The number of pyridine rings is 1. The molecule has 0 aliphatic heterocycles. The van der Waals surface area contributed by atoms with Crippen molar-refractivity contribution in [2.45, 2.75) is 20.3 Å². The van der Waals surface area contributed by atoms with Crippen LogP contribution in [0.3, 0.4) is 0 Å². The zero-order valence-electron chi connectivity index (χ0n) is 11.9. The van der Waals surface area contributed by atoms with Gasteiger partial charge in [0.05, 0.1) is 6.42 Å². The molecule has 0 aliphatic carbocycles. The molecule has 0 bridgehead atoms. The van der Waals surface area contributed by atoms with Crippen molar-refractivity contribution in [2.24, 2.45) is 0 Å². The van der Waals surface area contributed by atoms with Gasteiger partial charge in [0.25, 0.3) is 0 Å². The summed E-state index contributed by atoms with van der Waals surface area (Å²) in [6.45, 7) is 4.13. The number of carbonyl (C=O) groups is 1. The Bertz CT molecular complexity index is 640. The van der Waals surface area contributed by atoms with Crippen LogP contribution in [0.15, 0.2) is 41.0 Å². The predicted octanol–water partition coefficient (Wildman–Crippen LogP) is 3.67. The number of anilines is 1. The van der Waals surface area contributed by atoms with E-state index in [4.69, 9.17) is 0 Å². The SMILES string of the molecule is Cc1ccc(CC(=O)N(C)c2cc(Br)ccn2)cc1C. The first-order valence-corrected chi connectivity index (χ1v) is 7.21. The Morgan fingerprint density at radius 3 is 2.60 bits per heavy atom. The highest BCUT2D eigenvalue weighted by Gasteiger charge is 2.13. The van der Waals surface area contributed by atoms with Gasteiger partial charge in [-0.3, -0.25) is 9.69 Å². The summed E-state index contributed by atoms with van der Waals surface area (Å²) in [5.74, 6) is 0.673. The second-order valence-corrected chi connectivity index (χ2v) is 5.80. The number of likely N-dealkylation sites (N-methyl/N-ethyl adjacent to an activating group) is 1. The highest BCUT2D eigenvalue weighted by atomic mass is 79.9. The third kappa shape index (κ3) is 3.45. The third-order valence-electron chi connectivity index (χ3n) is 3.35. The second-order valence-electron chi connectivity index (χ2n) is 4.88. The zero-order valence-corrected chi connectivity index (χ0v) is 13.4. The molecule has 4 heteroatoms. The van der Waals surface area contributed by atoms with Crippen molar-refractivity contribution in [3.8, 4) is 0 Å². The molecule has 0 fully saturated rings. The minimum absolute atomic E-state index is 0.0267. The first-order valence-electron chi connectivity index (χ1n) is 6.41. The quantitative estimate of drug-likeness (QED) is 0.859. The average Bonchev–Trinajstić information content (AvgIpc) is 2.42. The Labute approximate surface area is 127 Å². The van der Waals surface area contributed by atoms with E-state index in [0.717, 1.165) is 10.0 Å². The van der Waals surface area contributed by atoms with Crippen molar-refractivity contribution >= 4 is 27.7 Å². The lowest BCUT2D eigenvalue weighted by Crippen LogP contribution is -2.28. The van der Waals surface area contributed by atoms with Gasteiger partial charge in [0, 0.05) is 17.7 Å². The first-order chi connectivity index (χ1) is 9.47. The molecule has 0 aliphatic rings. The molecule has 2 rings (SSSR count). The molecule has 0 atom stereocenters. The molecule has 1 amide bonds. The van der Waals surface area contributed by atoms with Crippen molar-refractivity contribution in [2.75, 3.05) is 11.9 Å². The highest BCUT2D eigenvalue weighted by Crippen LogP contribution is 2.17. The number of halogens is 1. The van der Waals surface area contributed by atoms with E-state index in [0.29, 0.717) is 12.2 Å². The fraction of sp³-hybridized carbons (Fsp3) is 0.250. The Balaban J connectivity index is 2.13. The number of aromatic nitrogens is 1. The van der Waals surface area contributed by atoms with Crippen LogP contribution < -0.4 is 4.90 Å². The lowest BCUT2D eigenvalue weighted by molar-refractivity contribution is -0.117. The van der Waals surface area contributed by atoms with E-state index in [1.165, 1.54) is 11.1 Å². The summed E-state index contributed by atoms with van der Waals surface area (Å²) in [4.78, 5) is 18.1. The standard InChI is InChI=1S/C16H17BrN2O/c1-11-4-5-13(8-12(11)2)9-16(20)19(3)15-10-14(17)6-7-18-15/h4-8,10H,9H2,1-3H3. The van der Waals surface area contributed by atoms with Crippen LogP contribution >= 0.6 is 15.9 Å². The number of hydrogen-bond acceptors (Lipinski definition) is 2. The number of benzene rings is 1. The molecular formula is C16H17BrN2O. The van der Waals surface area contributed by atoms with E-state index < -0.39 is 0 Å². The fourth-order valence-corrected chi connectivity index (χ4v) is 2.23. The van der Waals surface area contributed by atoms with E-state index in [1.807, 2.05) is 18.2 Å². The molecule has 2 aromatic rings. The smallest absolute Gasteiger partial charge is 0.232 e. The molecule has 20 heavy (non-hydrogen) atoms. The Morgan fingerprint density at radius 1 is 1.20 bits per heavy atom. The van der Waals surface area contributed by atoms with Crippen LogP contribution in [-0.2, 0) is 11.2 Å². The van der Waals surface area contributed by atoms with E-state index in [-0.39, 0.29) is 5.91 Å². The molecule has 1 aromatic carbocycles. The summed E-state index contributed by atoms with van der Waals surface area (Å²) in [5, 5.41) is 0. The monoisotopic (exact) mass is 332 g/mol. The van der Waals surface area contributed by atoms with Crippen molar-refractivity contribution in [3.05, 3.63) is 57.7 Å². The van der Waals surface area contributed by atoms with Crippen molar-refractivity contribution in [1.82, 2.24) is 4.98 Å². The van der Waals surface area contributed by atoms with Gasteiger partial charge in [-0.1, -0.05) is 34.1 Å². The summed E-state index contributed by atoms with van der Waals surface area (Å²) in [7, 11) is 1.75. The van der Waals surface area contributed by atoms with Crippen LogP contribution in [0.5, 0.6) is 0 Å². The normalized spacial score (nSPS) is 10.4. The molecule has 0 radical (unpaired) electrons. The Hall–Kier alpha value is -1.68. The summed E-state index contributed by atoms with van der Waals surface area (Å²) < 4.78 is 0.910. The van der Waals surface area contributed by atoms with Crippen molar-refractivity contribution < 1.29 is 4.79 Å². The Kier molecular flexibility index (Phi) is 4.55. The molecule has 1 aromatic heterocycles. The maximum Gasteiger partial charge on any atom is 0.232 e. The molecule has 0 spiro atoms. The van der Waals surface area contributed by atoms with E-state index >= 15 is 0 Å². The number of nitrogens with zero attached hydrogens (tertiary/aromatic N) is 2. The number of aryl methyl sites for hydroxylation is 2. The predicted molar refractivity (Wildman–Crippen MR) is 85.0 cm³/mol. The second kappa shape index (κ2) is 6.18. The van der Waals surface area contributed by atoms with Crippen LogP contribution in [0.1, 0.15) is 16.7 Å². The summed E-state index contributed by atoms with van der Waals surface area (Å²) in [6.07, 6.45) is 2.06. The van der Waals surface area contributed by atoms with Crippen LogP contribution in [0, 0.1) is 13.8 Å². The average molecular weight is 333 g/mol. The van der Waals surface area contributed by atoms with Gasteiger partial charge in [-0.25, -0.2) is 4.98 Å². The van der Waals surface area contributed by atoms with Crippen molar-refractivity contribution in [3.63, 3.8) is 0 Å². The molecule has 0 saturated carbocycles. The lowest BCUT2D eigenvalue weighted by atomic mass is 10.0. The molecule has 0 N–H and O–H groups in total. The van der Waals surface area contributed by atoms with Crippen LogP contribution in [0.2, 0.25) is 0 Å². The first kappa shape index (κ1) is 14.7. The minimum Gasteiger partial charge on any atom is -0.300 e. The zero-order chi connectivity index (χ0) is 14.7. The third-order valence-corrected chi connectivity index (χ3v) is 3.85. The van der Waals surface area contributed by atoms with Gasteiger partial charge in [-0.2, -0.15) is 0 Å². The van der Waals surface area contributed by atoms with Gasteiger partial charge in [0.2, 0.25) is 5.91 Å². The largest absolute Gasteiger partial charge is 0.300 e. The van der Waals surface area contributed by atoms with Crippen LogP contribution in [-0.4, -0.2) is 17.9 Å². The number of rotatable bonds is 3. The van der Waals surface area contributed by atoms with E-state index in [9.17, 15) is 4.79 Å². The fourth-order valence-electron chi connectivity index (χ4n) is 1.91. The summed E-state index contributed by atoms with van der Waals surface area (Å²) in [5.41, 5.74) is 3.47. The highest BCUT2D eigenvalue weighted by molar-refractivity contribution is 9.10. The topological polar surface area (TPSA) is 33.2 Å². The Morgan fingerprint density at radius 2 is 1.95 bits per heavy atom. The van der Waals surface area contributed by atoms with Gasteiger partial charge >= 0.3 is 0 Å². The van der Waals surface area contributed by atoms with E-state index in [1.54, 1.807) is 18.1 Å². The van der Waals surface area contributed by atoms with Gasteiger partial charge in [0.15, 0.2) is 0 Å². The van der Waals surface area contributed by atoms with Crippen molar-refractivity contribution in [1.29, 1.82) is 0 Å². The minimum atomic E-state index is 0.0267.